The van der Waals surface area contributed by atoms with Crippen LogP contribution in [0.5, 0.6) is 5.75 Å². The molecule has 1 aliphatic carbocycles. The molecule has 8 nitrogen and oxygen atoms in total. The fourth-order valence-electron chi connectivity index (χ4n) is 4.47. The van der Waals surface area contributed by atoms with Crippen molar-refractivity contribution in [2.45, 2.75) is 58.1 Å². The molecule has 2 aliphatic rings. The quantitative estimate of drug-likeness (QED) is 0.335. The van der Waals surface area contributed by atoms with Crippen molar-refractivity contribution >= 4 is 29.1 Å². The zero-order valence-corrected chi connectivity index (χ0v) is 23.4. The molecule has 2 fully saturated rings. The van der Waals surface area contributed by atoms with Gasteiger partial charge in [0.1, 0.15) is 17.4 Å². The van der Waals surface area contributed by atoms with Crippen LogP contribution in [0.25, 0.3) is 0 Å². The second kappa shape index (κ2) is 12.8. The minimum absolute atomic E-state index is 0.0733. The standard InChI is InChI=1S/C29H39N3O5S/c1-29(2,3)37-28(35)30-25(20-24-6-4-19-38-24)27(34)32-16-14-31(15-17-32)13-5-18-36-23-11-9-22(10-12-23)26(33)21-7-8-21/h4,6,9-12,19,21,25H,5,7-8,13-18,20H2,1-3H3,(H,30,35)/t25-/m1/s1. The minimum Gasteiger partial charge on any atom is -0.494 e. The summed E-state index contributed by atoms with van der Waals surface area (Å²) in [5, 5.41) is 4.77. The number of benzene rings is 1. The van der Waals surface area contributed by atoms with Gasteiger partial charge < -0.3 is 19.7 Å². The lowest BCUT2D eigenvalue weighted by molar-refractivity contribution is -0.135. The Hall–Kier alpha value is -2.91. The Morgan fingerprint density at radius 3 is 2.37 bits per heavy atom. The number of alkyl carbamates (subject to hydrolysis) is 1. The molecule has 1 atom stereocenters. The first-order valence-corrected chi connectivity index (χ1v) is 14.4. The van der Waals surface area contributed by atoms with E-state index in [-0.39, 0.29) is 17.6 Å². The smallest absolute Gasteiger partial charge is 0.408 e. The highest BCUT2D eigenvalue weighted by Crippen LogP contribution is 2.32. The average Bonchev–Trinajstić information content (AvgIpc) is 3.61. The summed E-state index contributed by atoms with van der Waals surface area (Å²) in [4.78, 5) is 43.1. The van der Waals surface area contributed by atoms with Gasteiger partial charge in [-0.1, -0.05) is 6.07 Å². The average molecular weight is 542 g/mol. The summed E-state index contributed by atoms with van der Waals surface area (Å²) in [6, 6.07) is 10.7. The molecule has 1 saturated heterocycles. The fourth-order valence-corrected chi connectivity index (χ4v) is 5.22. The molecule has 4 rings (SSSR count). The lowest BCUT2D eigenvalue weighted by Gasteiger charge is -2.36. The number of ether oxygens (including phenoxy) is 2. The molecule has 0 spiro atoms. The molecule has 206 valence electrons. The highest BCUT2D eigenvalue weighted by atomic mass is 32.1. The Morgan fingerprint density at radius 2 is 1.76 bits per heavy atom. The molecule has 1 aliphatic heterocycles. The van der Waals surface area contributed by atoms with Crippen LogP contribution in [0.3, 0.4) is 0 Å². The summed E-state index contributed by atoms with van der Waals surface area (Å²) in [5.74, 6) is 1.18. The second-order valence-corrected chi connectivity index (χ2v) is 12.0. The van der Waals surface area contributed by atoms with Gasteiger partial charge in [-0.15, -0.1) is 11.3 Å². The number of hydrogen-bond acceptors (Lipinski definition) is 7. The normalized spacial score (nSPS) is 17.1. The van der Waals surface area contributed by atoms with Crippen molar-refractivity contribution in [3.8, 4) is 5.75 Å². The van der Waals surface area contributed by atoms with Gasteiger partial charge >= 0.3 is 6.09 Å². The van der Waals surface area contributed by atoms with E-state index >= 15 is 0 Å². The Bertz CT molecular complexity index is 1070. The van der Waals surface area contributed by atoms with Gasteiger partial charge in [-0.3, -0.25) is 14.5 Å². The molecule has 2 aromatic rings. The number of carbonyl (C=O) groups is 3. The molecular weight excluding hydrogens is 502 g/mol. The van der Waals surface area contributed by atoms with Crippen LogP contribution in [0, 0.1) is 5.92 Å². The van der Waals surface area contributed by atoms with E-state index in [0.717, 1.165) is 55.1 Å². The van der Waals surface area contributed by atoms with E-state index in [4.69, 9.17) is 9.47 Å². The van der Waals surface area contributed by atoms with Crippen molar-refractivity contribution in [3.05, 3.63) is 52.2 Å². The van der Waals surface area contributed by atoms with Crippen LogP contribution in [-0.4, -0.2) is 78.6 Å². The van der Waals surface area contributed by atoms with E-state index in [0.29, 0.717) is 26.1 Å². The molecule has 1 aromatic heterocycles. The summed E-state index contributed by atoms with van der Waals surface area (Å²) in [6.45, 7) is 9.69. The van der Waals surface area contributed by atoms with E-state index in [1.807, 2.05) is 46.7 Å². The van der Waals surface area contributed by atoms with Gasteiger partial charge in [-0.2, -0.15) is 0 Å². The van der Waals surface area contributed by atoms with Gasteiger partial charge in [0.2, 0.25) is 5.91 Å². The maximum absolute atomic E-state index is 13.4. The Kier molecular flexibility index (Phi) is 9.44. The van der Waals surface area contributed by atoms with Crippen molar-refractivity contribution in [1.82, 2.24) is 15.1 Å². The summed E-state index contributed by atoms with van der Waals surface area (Å²) in [6.07, 6.45) is 2.77. The predicted octanol–water partition coefficient (Wildman–Crippen LogP) is 4.39. The highest BCUT2D eigenvalue weighted by Gasteiger charge is 2.31. The van der Waals surface area contributed by atoms with Gasteiger partial charge in [0.05, 0.1) is 6.61 Å². The largest absolute Gasteiger partial charge is 0.494 e. The van der Waals surface area contributed by atoms with E-state index < -0.39 is 17.7 Å². The molecule has 0 bridgehead atoms. The molecule has 1 saturated carbocycles. The first-order valence-electron chi connectivity index (χ1n) is 13.5. The first kappa shape index (κ1) is 28.1. The Morgan fingerprint density at radius 1 is 1.05 bits per heavy atom. The molecular formula is C29H39N3O5S. The number of ketones is 1. The lowest BCUT2D eigenvalue weighted by Crippen LogP contribution is -2.56. The second-order valence-electron chi connectivity index (χ2n) is 11.0. The summed E-state index contributed by atoms with van der Waals surface area (Å²) in [5.41, 5.74) is 0.139. The van der Waals surface area contributed by atoms with Crippen molar-refractivity contribution in [1.29, 1.82) is 0 Å². The molecule has 2 amide bonds. The monoisotopic (exact) mass is 541 g/mol. The van der Waals surface area contributed by atoms with Crippen LogP contribution >= 0.6 is 11.3 Å². The van der Waals surface area contributed by atoms with Gasteiger partial charge in [-0.25, -0.2) is 4.79 Å². The molecule has 0 unspecified atom stereocenters. The number of thiophene rings is 1. The molecule has 2 heterocycles. The van der Waals surface area contributed by atoms with Crippen LogP contribution in [0.4, 0.5) is 4.79 Å². The van der Waals surface area contributed by atoms with Crippen molar-refractivity contribution in [2.75, 3.05) is 39.3 Å². The van der Waals surface area contributed by atoms with E-state index in [2.05, 4.69) is 10.2 Å². The van der Waals surface area contributed by atoms with Crippen molar-refractivity contribution in [2.24, 2.45) is 5.92 Å². The van der Waals surface area contributed by atoms with Crippen LogP contribution < -0.4 is 10.1 Å². The lowest BCUT2D eigenvalue weighted by atomic mass is 10.1. The van der Waals surface area contributed by atoms with Crippen LogP contribution in [0.15, 0.2) is 41.8 Å². The van der Waals surface area contributed by atoms with Crippen LogP contribution in [0.2, 0.25) is 0 Å². The van der Waals surface area contributed by atoms with Crippen LogP contribution in [0.1, 0.15) is 55.3 Å². The molecule has 1 aromatic carbocycles. The number of Topliss-reactive ketones (excluding diaryl/α,β-unsaturated/α-hetero) is 1. The summed E-state index contributed by atoms with van der Waals surface area (Å²) >= 11 is 1.57. The highest BCUT2D eigenvalue weighted by molar-refractivity contribution is 7.09. The Labute approximate surface area is 229 Å². The number of nitrogens with one attached hydrogen (secondary N) is 1. The van der Waals surface area contributed by atoms with Gasteiger partial charge in [0.15, 0.2) is 5.78 Å². The van der Waals surface area contributed by atoms with E-state index in [1.54, 1.807) is 32.1 Å². The van der Waals surface area contributed by atoms with Gasteiger partial charge in [0.25, 0.3) is 0 Å². The predicted molar refractivity (Wildman–Crippen MR) is 148 cm³/mol. The van der Waals surface area contributed by atoms with Gasteiger partial charge in [-0.05, 0) is 75.7 Å². The third-order valence-corrected chi connectivity index (χ3v) is 7.53. The molecule has 0 radical (unpaired) electrons. The zero-order chi connectivity index (χ0) is 27.1. The topological polar surface area (TPSA) is 88.2 Å². The summed E-state index contributed by atoms with van der Waals surface area (Å²) < 4.78 is 11.3. The molecule has 9 heteroatoms. The number of nitrogens with zero attached hydrogens (tertiary/aromatic N) is 2. The van der Waals surface area contributed by atoms with Gasteiger partial charge in [0, 0.05) is 55.5 Å². The van der Waals surface area contributed by atoms with Crippen LogP contribution in [-0.2, 0) is 16.0 Å². The SMILES string of the molecule is CC(C)(C)OC(=O)N[C@H](Cc1cccs1)C(=O)N1CCN(CCCOc2ccc(C(=O)C3CC3)cc2)CC1. The zero-order valence-electron chi connectivity index (χ0n) is 22.6. The van der Waals surface area contributed by atoms with E-state index in [9.17, 15) is 14.4 Å². The summed E-state index contributed by atoms with van der Waals surface area (Å²) in [7, 11) is 0. The van der Waals surface area contributed by atoms with E-state index in [1.165, 1.54) is 0 Å². The first-order chi connectivity index (χ1) is 18.2. The fraction of sp³-hybridized carbons (Fsp3) is 0.552. The third-order valence-electron chi connectivity index (χ3n) is 6.63. The number of rotatable bonds is 11. The maximum Gasteiger partial charge on any atom is 0.408 e. The van der Waals surface area contributed by atoms with Crippen molar-refractivity contribution in [3.63, 3.8) is 0 Å². The Balaban J connectivity index is 1.19. The number of carbonyl (C=O) groups excluding carboxylic acids is 3. The number of hydrogen-bond donors (Lipinski definition) is 1. The maximum atomic E-state index is 13.4. The van der Waals surface area contributed by atoms with Crippen molar-refractivity contribution < 1.29 is 23.9 Å². The molecule has 1 N–H and O–H groups in total. The molecule has 38 heavy (non-hydrogen) atoms. The minimum atomic E-state index is -0.658. The number of piperazine rings is 1. The third kappa shape index (κ3) is 8.56. The number of amides is 2.